The number of hydrogen-bond acceptors (Lipinski definition) is 3. The molecular formula is C16H20ClN3. The number of anilines is 1. The number of aromatic nitrogens is 2. The van der Waals surface area contributed by atoms with E-state index in [1.807, 2.05) is 19.1 Å². The van der Waals surface area contributed by atoms with Crippen LogP contribution in [-0.4, -0.2) is 16.5 Å². The average molecular weight is 290 g/mol. The number of aryl methyl sites for hydroxylation is 1. The minimum atomic E-state index is 0.772. The lowest BCUT2D eigenvalue weighted by Gasteiger charge is -2.13. The van der Waals surface area contributed by atoms with Crippen LogP contribution in [-0.2, 0) is 6.42 Å². The molecule has 2 aromatic rings. The molecule has 4 heteroatoms. The smallest absolute Gasteiger partial charge is 0.133 e. The van der Waals surface area contributed by atoms with Crippen molar-refractivity contribution in [1.29, 1.82) is 0 Å². The summed E-state index contributed by atoms with van der Waals surface area (Å²) >= 11 is 6.24. The number of halogens is 1. The summed E-state index contributed by atoms with van der Waals surface area (Å²) in [6.45, 7) is 7.08. The zero-order chi connectivity index (χ0) is 14.5. The standard InChI is InChI=1S/C16H20ClN3/c1-4-6-13-15(19-10-20-16(13)18-5-2)12-8-7-11(3)14(17)9-12/h7-10H,4-6H2,1-3H3,(H,18,19,20). The van der Waals surface area contributed by atoms with Gasteiger partial charge >= 0.3 is 0 Å². The van der Waals surface area contributed by atoms with Crippen molar-refractivity contribution in [2.45, 2.75) is 33.6 Å². The molecule has 1 aromatic heterocycles. The quantitative estimate of drug-likeness (QED) is 0.881. The molecular weight excluding hydrogens is 270 g/mol. The Kier molecular flexibility index (Phi) is 4.96. The van der Waals surface area contributed by atoms with Gasteiger partial charge in [0, 0.05) is 22.7 Å². The zero-order valence-electron chi connectivity index (χ0n) is 12.2. The molecule has 0 unspecified atom stereocenters. The second-order valence-corrected chi connectivity index (χ2v) is 5.20. The van der Waals surface area contributed by atoms with Gasteiger partial charge in [0.1, 0.15) is 12.1 Å². The molecule has 0 aliphatic rings. The predicted molar refractivity (Wildman–Crippen MR) is 85.4 cm³/mol. The first-order valence-electron chi connectivity index (χ1n) is 7.01. The van der Waals surface area contributed by atoms with Crippen LogP contribution >= 0.6 is 11.6 Å². The fraction of sp³-hybridized carbons (Fsp3) is 0.375. The summed E-state index contributed by atoms with van der Waals surface area (Å²) in [7, 11) is 0. The number of rotatable bonds is 5. The fourth-order valence-electron chi connectivity index (χ4n) is 2.21. The lowest BCUT2D eigenvalue weighted by molar-refractivity contribution is 0.902. The Morgan fingerprint density at radius 1 is 1.20 bits per heavy atom. The van der Waals surface area contributed by atoms with Gasteiger partial charge in [-0.3, -0.25) is 0 Å². The van der Waals surface area contributed by atoms with Crippen LogP contribution in [0.15, 0.2) is 24.5 Å². The molecule has 1 heterocycles. The zero-order valence-corrected chi connectivity index (χ0v) is 13.0. The van der Waals surface area contributed by atoms with Crippen LogP contribution in [0.2, 0.25) is 5.02 Å². The van der Waals surface area contributed by atoms with E-state index in [-0.39, 0.29) is 0 Å². The Bertz CT molecular complexity index is 596. The van der Waals surface area contributed by atoms with Crippen LogP contribution in [0, 0.1) is 6.92 Å². The summed E-state index contributed by atoms with van der Waals surface area (Å²) in [5.41, 5.74) is 4.26. The van der Waals surface area contributed by atoms with E-state index in [1.165, 1.54) is 0 Å². The maximum absolute atomic E-state index is 6.24. The van der Waals surface area contributed by atoms with Crippen molar-refractivity contribution < 1.29 is 0 Å². The topological polar surface area (TPSA) is 37.8 Å². The monoisotopic (exact) mass is 289 g/mol. The van der Waals surface area contributed by atoms with Crippen molar-refractivity contribution in [2.24, 2.45) is 0 Å². The summed E-state index contributed by atoms with van der Waals surface area (Å²) in [6.07, 6.45) is 3.61. The molecule has 0 saturated carbocycles. The van der Waals surface area contributed by atoms with E-state index in [9.17, 15) is 0 Å². The number of hydrogen-bond donors (Lipinski definition) is 1. The largest absolute Gasteiger partial charge is 0.370 e. The highest BCUT2D eigenvalue weighted by atomic mass is 35.5. The van der Waals surface area contributed by atoms with Crippen molar-refractivity contribution in [3.8, 4) is 11.3 Å². The summed E-state index contributed by atoms with van der Waals surface area (Å²) in [6, 6.07) is 6.08. The minimum Gasteiger partial charge on any atom is -0.370 e. The van der Waals surface area contributed by atoms with Crippen molar-refractivity contribution in [3.05, 3.63) is 40.7 Å². The first-order valence-corrected chi connectivity index (χ1v) is 7.39. The van der Waals surface area contributed by atoms with Gasteiger partial charge in [-0.15, -0.1) is 0 Å². The molecule has 20 heavy (non-hydrogen) atoms. The van der Waals surface area contributed by atoms with Crippen molar-refractivity contribution in [2.75, 3.05) is 11.9 Å². The number of nitrogens with zero attached hydrogens (tertiary/aromatic N) is 2. The van der Waals surface area contributed by atoms with Gasteiger partial charge in [-0.05, 0) is 31.9 Å². The Morgan fingerprint density at radius 2 is 2.00 bits per heavy atom. The van der Waals surface area contributed by atoms with Gasteiger partial charge in [0.05, 0.1) is 5.69 Å². The SMILES string of the molecule is CCCc1c(NCC)ncnc1-c1ccc(C)c(Cl)c1. The van der Waals surface area contributed by atoms with E-state index < -0.39 is 0 Å². The first-order chi connectivity index (χ1) is 9.67. The third-order valence-corrected chi connectivity index (χ3v) is 3.64. The Labute approximate surface area is 125 Å². The summed E-state index contributed by atoms with van der Waals surface area (Å²) in [4.78, 5) is 8.83. The fourth-order valence-corrected chi connectivity index (χ4v) is 2.39. The highest BCUT2D eigenvalue weighted by Gasteiger charge is 2.12. The minimum absolute atomic E-state index is 0.772. The van der Waals surface area contributed by atoms with E-state index in [0.717, 1.165) is 52.6 Å². The third-order valence-electron chi connectivity index (χ3n) is 3.23. The van der Waals surface area contributed by atoms with Crippen LogP contribution in [0.25, 0.3) is 11.3 Å². The van der Waals surface area contributed by atoms with Crippen LogP contribution in [0.5, 0.6) is 0 Å². The van der Waals surface area contributed by atoms with Crippen LogP contribution in [0.1, 0.15) is 31.4 Å². The Morgan fingerprint density at radius 3 is 2.65 bits per heavy atom. The Hall–Kier alpha value is -1.61. The molecule has 0 spiro atoms. The molecule has 1 aromatic carbocycles. The molecule has 0 aliphatic carbocycles. The first kappa shape index (κ1) is 14.8. The van der Waals surface area contributed by atoms with Gasteiger partial charge < -0.3 is 5.32 Å². The second kappa shape index (κ2) is 6.71. The number of nitrogens with one attached hydrogen (secondary N) is 1. The maximum atomic E-state index is 6.24. The molecule has 0 saturated heterocycles. The third kappa shape index (κ3) is 3.10. The van der Waals surface area contributed by atoms with Crippen molar-refractivity contribution in [3.63, 3.8) is 0 Å². The molecule has 0 aliphatic heterocycles. The molecule has 0 bridgehead atoms. The lowest BCUT2D eigenvalue weighted by atomic mass is 10.0. The van der Waals surface area contributed by atoms with Gasteiger partial charge in [0.25, 0.3) is 0 Å². The second-order valence-electron chi connectivity index (χ2n) is 4.79. The normalized spacial score (nSPS) is 10.6. The molecule has 106 valence electrons. The molecule has 3 nitrogen and oxygen atoms in total. The van der Waals surface area contributed by atoms with E-state index in [2.05, 4.69) is 35.2 Å². The summed E-state index contributed by atoms with van der Waals surface area (Å²) < 4.78 is 0. The van der Waals surface area contributed by atoms with Gasteiger partial charge in [-0.25, -0.2) is 9.97 Å². The van der Waals surface area contributed by atoms with Crippen molar-refractivity contribution in [1.82, 2.24) is 9.97 Å². The van der Waals surface area contributed by atoms with E-state index in [0.29, 0.717) is 0 Å². The lowest BCUT2D eigenvalue weighted by Crippen LogP contribution is -2.06. The van der Waals surface area contributed by atoms with E-state index in [4.69, 9.17) is 11.6 Å². The van der Waals surface area contributed by atoms with Crippen LogP contribution < -0.4 is 5.32 Å². The van der Waals surface area contributed by atoms with Crippen LogP contribution in [0.4, 0.5) is 5.82 Å². The molecule has 0 fully saturated rings. The van der Waals surface area contributed by atoms with Gasteiger partial charge in [-0.1, -0.05) is 37.1 Å². The van der Waals surface area contributed by atoms with E-state index in [1.54, 1.807) is 6.33 Å². The van der Waals surface area contributed by atoms with E-state index >= 15 is 0 Å². The summed E-state index contributed by atoms with van der Waals surface area (Å²) in [5, 5.41) is 4.08. The molecule has 2 rings (SSSR count). The average Bonchev–Trinajstić information content (AvgIpc) is 2.44. The molecule has 0 radical (unpaired) electrons. The number of benzene rings is 1. The highest BCUT2D eigenvalue weighted by molar-refractivity contribution is 6.31. The molecule has 0 atom stereocenters. The molecule has 0 amide bonds. The maximum Gasteiger partial charge on any atom is 0.133 e. The van der Waals surface area contributed by atoms with Gasteiger partial charge in [0.2, 0.25) is 0 Å². The Balaban J connectivity index is 2.53. The summed E-state index contributed by atoms with van der Waals surface area (Å²) in [5.74, 6) is 0.927. The van der Waals surface area contributed by atoms with Crippen molar-refractivity contribution >= 4 is 17.4 Å². The molecule has 1 N–H and O–H groups in total. The van der Waals surface area contributed by atoms with Crippen LogP contribution in [0.3, 0.4) is 0 Å². The highest BCUT2D eigenvalue weighted by Crippen LogP contribution is 2.29. The predicted octanol–water partition coefficient (Wildman–Crippen LogP) is 4.49. The van der Waals surface area contributed by atoms with Gasteiger partial charge in [-0.2, -0.15) is 0 Å². The van der Waals surface area contributed by atoms with Gasteiger partial charge in [0.15, 0.2) is 0 Å².